The summed E-state index contributed by atoms with van der Waals surface area (Å²) in [6.45, 7) is 4.52. The lowest BCUT2D eigenvalue weighted by atomic mass is 10.0. The summed E-state index contributed by atoms with van der Waals surface area (Å²) in [7, 11) is 1.62. The van der Waals surface area contributed by atoms with Gasteiger partial charge >= 0.3 is 0 Å². The Balaban J connectivity index is 1.61. The van der Waals surface area contributed by atoms with Crippen LogP contribution in [0.15, 0.2) is 47.3 Å². The first-order valence-corrected chi connectivity index (χ1v) is 8.99. The number of hydrogen-bond donors (Lipinski definition) is 2. The number of aryl methyl sites for hydroxylation is 3. The summed E-state index contributed by atoms with van der Waals surface area (Å²) in [6, 6.07) is 13.5. The maximum Gasteiger partial charge on any atom is 0.251 e. The van der Waals surface area contributed by atoms with E-state index in [2.05, 4.69) is 16.4 Å². The number of nitrogens with one attached hydrogen (secondary N) is 2. The molecule has 0 spiro atoms. The van der Waals surface area contributed by atoms with Gasteiger partial charge in [-0.05, 0) is 72.7 Å². The van der Waals surface area contributed by atoms with Crippen molar-refractivity contribution in [3.05, 3.63) is 75.1 Å². The molecular formula is C22H24N2O3. The van der Waals surface area contributed by atoms with Gasteiger partial charge in [0, 0.05) is 24.0 Å². The Morgan fingerprint density at radius 1 is 1.07 bits per heavy atom. The van der Waals surface area contributed by atoms with E-state index >= 15 is 0 Å². The van der Waals surface area contributed by atoms with E-state index in [0.29, 0.717) is 18.5 Å². The summed E-state index contributed by atoms with van der Waals surface area (Å²) in [5.41, 5.74) is 4.65. The Hall–Kier alpha value is -3.08. The molecule has 0 fully saturated rings. The van der Waals surface area contributed by atoms with Crippen molar-refractivity contribution in [2.75, 3.05) is 7.11 Å². The van der Waals surface area contributed by atoms with Gasteiger partial charge in [-0.3, -0.25) is 9.59 Å². The van der Waals surface area contributed by atoms with Crippen LogP contribution in [0, 0.1) is 13.8 Å². The maximum atomic E-state index is 12.3. The number of rotatable bonds is 6. The second-order valence-electron chi connectivity index (χ2n) is 6.77. The van der Waals surface area contributed by atoms with Crippen molar-refractivity contribution in [3.63, 3.8) is 0 Å². The average Bonchev–Trinajstić information content (AvgIpc) is 2.66. The van der Waals surface area contributed by atoms with Crippen LogP contribution < -0.4 is 15.6 Å². The van der Waals surface area contributed by atoms with Gasteiger partial charge in [0.1, 0.15) is 5.75 Å². The highest BCUT2D eigenvalue weighted by Gasteiger charge is 2.08. The molecule has 0 saturated carbocycles. The highest BCUT2D eigenvalue weighted by atomic mass is 16.5. The molecule has 1 aromatic heterocycles. The molecular weight excluding hydrogens is 340 g/mol. The molecule has 2 aromatic carbocycles. The molecule has 0 saturated heterocycles. The minimum atomic E-state index is -0.131. The first-order chi connectivity index (χ1) is 13.0. The van der Waals surface area contributed by atoms with Crippen molar-refractivity contribution >= 4 is 16.8 Å². The summed E-state index contributed by atoms with van der Waals surface area (Å²) in [6.07, 6.45) is 0.683. The Morgan fingerprint density at radius 3 is 2.48 bits per heavy atom. The smallest absolute Gasteiger partial charge is 0.251 e. The van der Waals surface area contributed by atoms with E-state index in [9.17, 15) is 9.59 Å². The van der Waals surface area contributed by atoms with Gasteiger partial charge in [-0.15, -0.1) is 0 Å². The van der Waals surface area contributed by atoms with E-state index in [1.165, 1.54) is 5.56 Å². The lowest BCUT2D eigenvalue weighted by molar-refractivity contribution is -0.121. The molecule has 140 valence electrons. The number of H-pyrrole nitrogens is 1. The molecule has 0 aliphatic heterocycles. The van der Waals surface area contributed by atoms with Gasteiger partial charge in [0.25, 0.3) is 5.56 Å². The zero-order chi connectivity index (χ0) is 19.4. The van der Waals surface area contributed by atoms with Crippen LogP contribution in [0.1, 0.15) is 28.7 Å². The molecule has 0 unspecified atom stereocenters. The predicted molar refractivity (Wildman–Crippen MR) is 107 cm³/mol. The monoisotopic (exact) mass is 364 g/mol. The number of carbonyl (C=O) groups is 1. The fourth-order valence-electron chi connectivity index (χ4n) is 2.99. The van der Waals surface area contributed by atoms with Gasteiger partial charge in [-0.1, -0.05) is 12.1 Å². The number of benzene rings is 2. The number of pyridine rings is 1. The van der Waals surface area contributed by atoms with Crippen molar-refractivity contribution < 1.29 is 9.53 Å². The fraction of sp³-hybridized carbons (Fsp3) is 0.273. The normalized spacial score (nSPS) is 10.8. The Bertz CT molecular complexity index is 1020. The van der Waals surface area contributed by atoms with Gasteiger partial charge in [-0.2, -0.15) is 0 Å². The molecule has 0 bridgehead atoms. The van der Waals surface area contributed by atoms with Crippen molar-refractivity contribution in [1.29, 1.82) is 0 Å². The summed E-state index contributed by atoms with van der Waals surface area (Å²) in [4.78, 5) is 27.3. The second-order valence-corrected chi connectivity index (χ2v) is 6.77. The predicted octanol–water partition coefficient (Wildman–Crippen LogP) is 3.40. The highest BCUT2D eigenvalue weighted by Crippen LogP contribution is 2.17. The standard InChI is InChI=1S/C22H24N2O3/c1-14-10-18-12-17(22(26)24-20(18)11-15(14)2)6-9-21(25)23-13-16-4-7-19(27-3)8-5-16/h4-5,7-8,10-12H,6,9,13H2,1-3H3,(H,23,25)(H,24,26). The van der Waals surface area contributed by atoms with Crippen molar-refractivity contribution in [3.8, 4) is 5.75 Å². The van der Waals surface area contributed by atoms with E-state index < -0.39 is 0 Å². The van der Waals surface area contributed by atoms with Gasteiger partial charge < -0.3 is 15.0 Å². The minimum absolute atomic E-state index is 0.0783. The van der Waals surface area contributed by atoms with Crippen LogP contribution in [0.5, 0.6) is 5.75 Å². The van der Waals surface area contributed by atoms with E-state index in [4.69, 9.17) is 4.74 Å². The van der Waals surface area contributed by atoms with Crippen molar-refractivity contribution in [1.82, 2.24) is 10.3 Å². The van der Waals surface area contributed by atoms with Gasteiger partial charge in [-0.25, -0.2) is 0 Å². The third-order valence-electron chi connectivity index (χ3n) is 4.81. The Labute approximate surface area is 158 Å². The molecule has 3 rings (SSSR count). The molecule has 0 aliphatic carbocycles. The van der Waals surface area contributed by atoms with Crippen LogP contribution in [0.25, 0.3) is 10.9 Å². The number of aromatic amines is 1. The highest BCUT2D eigenvalue weighted by molar-refractivity contribution is 5.81. The van der Waals surface area contributed by atoms with Crippen LogP contribution in [0.3, 0.4) is 0 Å². The molecule has 0 atom stereocenters. The number of ether oxygens (including phenoxy) is 1. The molecule has 5 heteroatoms. The first kappa shape index (κ1) is 18.7. The lowest BCUT2D eigenvalue weighted by Gasteiger charge is -2.08. The molecule has 5 nitrogen and oxygen atoms in total. The Morgan fingerprint density at radius 2 is 1.78 bits per heavy atom. The number of hydrogen-bond acceptors (Lipinski definition) is 3. The number of fused-ring (bicyclic) bond motifs is 1. The van der Waals surface area contributed by atoms with Crippen LogP contribution in [-0.4, -0.2) is 18.0 Å². The van der Waals surface area contributed by atoms with E-state index in [1.807, 2.05) is 50.2 Å². The van der Waals surface area contributed by atoms with E-state index in [1.54, 1.807) is 7.11 Å². The fourth-order valence-corrected chi connectivity index (χ4v) is 2.99. The molecule has 2 N–H and O–H groups in total. The third-order valence-corrected chi connectivity index (χ3v) is 4.81. The Kier molecular flexibility index (Phi) is 5.60. The number of carbonyl (C=O) groups excluding carboxylic acids is 1. The lowest BCUT2D eigenvalue weighted by Crippen LogP contribution is -2.24. The topological polar surface area (TPSA) is 71.2 Å². The third kappa shape index (κ3) is 4.56. The minimum Gasteiger partial charge on any atom is -0.497 e. The van der Waals surface area contributed by atoms with Crippen LogP contribution in [-0.2, 0) is 17.8 Å². The maximum absolute atomic E-state index is 12.3. The molecule has 27 heavy (non-hydrogen) atoms. The summed E-state index contributed by atoms with van der Waals surface area (Å²) >= 11 is 0. The number of aromatic nitrogens is 1. The average molecular weight is 364 g/mol. The van der Waals surface area contributed by atoms with E-state index in [-0.39, 0.29) is 17.9 Å². The summed E-state index contributed by atoms with van der Waals surface area (Å²) < 4.78 is 5.12. The summed E-state index contributed by atoms with van der Waals surface area (Å²) in [5.74, 6) is 0.705. The van der Waals surface area contributed by atoms with Crippen LogP contribution >= 0.6 is 0 Å². The molecule has 0 aliphatic rings. The number of amides is 1. The molecule has 0 radical (unpaired) electrons. The quantitative estimate of drug-likeness (QED) is 0.704. The second kappa shape index (κ2) is 8.08. The SMILES string of the molecule is COc1ccc(CNC(=O)CCc2cc3cc(C)c(C)cc3[nH]c2=O)cc1. The first-order valence-electron chi connectivity index (χ1n) is 8.99. The van der Waals surface area contributed by atoms with Gasteiger partial charge in [0.2, 0.25) is 5.91 Å². The molecule has 3 aromatic rings. The van der Waals surface area contributed by atoms with Crippen LogP contribution in [0.2, 0.25) is 0 Å². The number of methoxy groups -OCH3 is 1. The zero-order valence-corrected chi connectivity index (χ0v) is 15.9. The summed E-state index contributed by atoms with van der Waals surface area (Å²) in [5, 5.41) is 3.88. The van der Waals surface area contributed by atoms with Crippen molar-refractivity contribution in [2.24, 2.45) is 0 Å². The van der Waals surface area contributed by atoms with Gasteiger partial charge in [0.15, 0.2) is 0 Å². The largest absolute Gasteiger partial charge is 0.497 e. The van der Waals surface area contributed by atoms with Crippen LogP contribution in [0.4, 0.5) is 0 Å². The van der Waals surface area contributed by atoms with Crippen molar-refractivity contribution in [2.45, 2.75) is 33.2 Å². The molecule has 1 amide bonds. The van der Waals surface area contributed by atoms with Gasteiger partial charge in [0.05, 0.1) is 7.11 Å². The zero-order valence-electron chi connectivity index (χ0n) is 15.9. The molecule has 1 heterocycles. The van der Waals surface area contributed by atoms with E-state index in [0.717, 1.165) is 27.8 Å².